The van der Waals surface area contributed by atoms with Crippen LogP contribution < -0.4 is 21.3 Å². The first-order valence-corrected chi connectivity index (χ1v) is 26.1. The van der Waals surface area contributed by atoms with Gasteiger partial charge in [0.05, 0.1) is 10.8 Å². The van der Waals surface area contributed by atoms with Gasteiger partial charge < -0.3 is 31.1 Å². The quantitative estimate of drug-likeness (QED) is 0.0818. The third-order valence-electron chi connectivity index (χ3n) is 16.0. The van der Waals surface area contributed by atoms with Crippen LogP contribution in [0.2, 0.25) is 0 Å². The third-order valence-corrected chi connectivity index (χ3v) is 16.0. The number of ketones is 3. The minimum atomic E-state index is -1.26. The normalized spacial score (nSPS) is 24.6. The fourth-order valence-electron chi connectivity index (χ4n) is 12.1. The molecule has 4 aromatic rings. The van der Waals surface area contributed by atoms with Crippen molar-refractivity contribution >= 4 is 28.5 Å². The number of hydrogen-bond acceptors (Lipinski definition) is 9. The van der Waals surface area contributed by atoms with Gasteiger partial charge in [0.2, 0.25) is 0 Å². The zero-order valence-corrected chi connectivity index (χ0v) is 41.8. The first-order valence-electron chi connectivity index (χ1n) is 26.1. The van der Waals surface area contributed by atoms with Crippen LogP contribution in [0, 0.1) is 36.5 Å². The number of hydrogen-bond donors (Lipinski definition) is 4. The minimum Gasteiger partial charge on any atom is -0.368 e. The van der Waals surface area contributed by atoms with Crippen molar-refractivity contribution in [3.05, 3.63) is 226 Å². The summed E-state index contributed by atoms with van der Waals surface area (Å²) in [4.78, 5) is 54.4. The molecular weight excluding hydrogens is 889 g/mol. The molecule has 6 aliphatic rings. The number of aryl methyl sites for hydroxylation is 2. The van der Waals surface area contributed by atoms with Crippen molar-refractivity contribution in [3.8, 4) is 0 Å². The van der Waals surface area contributed by atoms with Gasteiger partial charge in [-0.2, -0.15) is 0 Å². The monoisotopic (exact) mass is 957 g/mol. The summed E-state index contributed by atoms with van der Waals surface area (Å²) < 4.78 is 0. The predicted octanol–water partition coefficient (Wildman–Crippen LogP) is 9.56. The van der Waals surface area contributed by atoms with Crippen molar-refractivity contribution in [2.24, 2.45) is 22.7 Å². The Balaban J connectivity index is 1.28. The molecule has 4 N–H and O–H groups in total. The summed E-state index contributed by atoms with van der Waals surface area (Å²) in [6, 6.07) is 35.6. The van der Waals surface area contributed by atoms with Crippen molar-refractivity contribution in [1.29, 1.82) is 0 Å². The van der Waals surface area contributed by atoms with Crippen LogP contribution in [0.3, 0.4) is 0 Å². The Kier molecular flexibility index (Phi) is 14.9. The largest absolute Gasteiger partial charge is 0.368 e. The average Bonchev–Trinajstić information content (AvgIpc) is 3.45. The molecule has 10 rings (SSSR count). The summed E-state index contributed by atoms with van der Waals surface area (Å²) in [5.41, 5.74) is 7.55. The lowest BCUT2D eigenvalue weighted by Crippen LogP contribution is -2.55. The second-order valence-electron chi connectivity index (χ2n) is 20.3. The van der Waals surface area contributed by atoms with E-state index in [1.54, 1.807) is 0 Å². The van der Waals surface area contributed by atoms with Crippen LogP contribution in [0.15, 0.2) is 193 Å². The third kappa shape index (κ3) is 9.91. The number of benzene rings is 4. The molecule has 9 nitrogen and oxygen atoms in total. The van der Waals surface area contributed by atoms with E-state index in [9.17, 15) is 0 Å². The highest BCUT2D eigenvalue weighted by Crippen LogP contribution is 2.58. The van der Waals surface area contributed by atoms with Crippen LogP contribution in [0.5, 0.6) is 0 Å². The summed E-state index contributed by atoms with van der Waals surface area (Å²) >= 11 is 0. The Morgan fingerprint density at radius 3 is 1.29 bits per heavy atom. The molecule has 0 bridgehead atoms. The van der Waals surface area contributed by atoms with E-state index in [4.69, 9.17) is 0 Å². The van der Waals surface area contributed by atoms with E-state index in [1.165, 1.54) is 0 Å². The van der Waals surface area contributed by atoms with Crippen LogP contribution in [0.1, 0.15) is 68.7 Å². The van der Waals surface area contributed by atoms with Gasteiger partial charge in [0, 0.05) is 98.9 Å². The van der Waals surface area contributed by atoms with Gasteiger partial charge in [0.1, 0.15) is 0 Å². The Hall–Kier alpha value is -6.75. The molecule has 0 saturated carbocycles. The zero-order chi connectivity index (χ0) is 49.5. The highest BCUT2D eigenvalue weighted by Gasteiger charge is 2.58. The molecule has 4 aromatic carbocycles. The van der Waals surface area contributed by atoms with Crippen molar-refractivity contribution in [3.63, 3.8) is 0 Å². The molecule has 4 unspecified atom stereocenters. The Morgan fingerprint density at radius 2 is 0.917 bits per heavy atom. The van der Waals surface area contributed by atoms with Gasteiger partial charge in [-0.05, 0) is 110 Å². The number of piperazine rings is 2. The number of rotatable bonds is 16. The van der Waals surface area contributed by atoms with Gasteiger partial charge in [-0.15, -0.1) is 0 Å². The van der Waals surface area contributed by atoms with Gasteiger partial charge in [-0.3, -0.25) is 14.4 Å². The van der Waals surface area contributed by atoms with Gasteiger partial charge in [-0.1, -0.05) is 146 Å². The average molecular weight is 957 g/mol. The second-order valence-corrected chi connectivity index (χ2v) is 20.3. The standard InChI is InChI=1S/C63H68N6O3/c1-45-15-9-11-23-51(45)53-39-57(49-21-13-27-66-43-49)62(25-33-68-35-29-64-30-36-68,41-55(53)59(70)47-17-5-3-6-18-47)61(72)63(26-34-69-37-31-65-32-38-69)42-56(60(71)48-19-7-4-8-20-48)54(52-24-12-10-16-46(52)2)40-58(63)50-22-14-28-67-44-50/h3-20,23-24,27-28,39-44,57-58,64-67H,21-22,25-26,29-38H2,1-2H3. The van der Waals surface area contributed by atoms with Crippen LogP contribution >= 0.6 is 0 Å². The molecule has 0 amide bonds. The lowest BCUT2D eigenvalue weighted by molar-refractivity contribution is -0.138. The SMILES string of the molecule is Cc1ccccc1C1=CC(C2=CNC=CC2)C(CCN2CCNCC2)(C(=O)C2(CCN3CCNCC3)C=C(C(=O)c3ccccc3)C(c3ccccc3C)=CC2C2=CNC=CC2)C=C1C(=O)c1ccccc1. The summed E-state index contributed by atoms with van der Waals surface area (Å²) in [7, 11) is 0. The van der Waals surface area contributed by atoms with Gasteiger partial charge in [0.15, 0.2) is 17.3 Å². The minimum absolute atomic E-state index is 0.0399. The molecule has 2 fully saturated rings. The predicted molar refractivity (Wildman–Crippen MR) is 291 cm³/mol. The van der Waals surface area contributed by atoms with Crippen molar-refractivity contribution in [2.75, 3.05) is 65.4 Å². The van der Waals surface area contributed by atoms with Crippen LogP contribution in [-0.2, 0) is 4.79 Å². The molecule has 0 aromatic heterocycles. The molecule has 4 heterocycles. The molecule has 9 heteroatoms. The molecule has 0 spiro atoms. The van der Waals surface area contributed by atoms with Gasteiger partial charge >= 0.3 is 0 Å². The van der Waals surface area contributed by atoms with Crippen LogP contribution in [-0.4, -0.2) is 92.6 Å². The number of dihydropyridines is 2. The van der Waals surface area contributed by atoms with E-state index in [-0.39, 0.29) is 17.3 Å². The smallest absolute Gasteiger partial charge is 0.193 e. The maximum atomic E-state index is 18.1. The maximum Gasteiger partial charge on any atom is 0.193 e. The summed E-state index contributed by atoms with van der Waals surface area (Å²) in [5.74, 6) is -1.10. The van der Waals surface area contributed by atoms with E-state index >= 15 is 14.4 Å². The van der Waals surface area contributed by atoms with E-state index in [2.05, 4.69) is 118 Å². The number of carbonyl (C=O) groups is 3. The van der Waals surface area contributed by atoms with Crippen LogP contribution in [0.25, 0.3) is 11.1 Å². The summed E-state index contributed by atoms with van der Waals surface area (Å²) in [6.45, 7) is 12.4. The molecule has 0 radical (unpaired) electrons. The Bertz CT molecular complexity index is 2730. The lowest BCUT2D eigenvalue weighted by Gasteiger charge is -2.51. The highest BCUT2D eigenvalue weighted by molar-refractivity contribution is 6.22. The van der Waals surface area contributed by atoms with Crippen LogP contribution in [0.4, 0.5) is 0 Å². The van der Waals surface area contributed by atoms with E-state index in [0.717, 1.165) is 96.9 Å². The lowest BCUT2D eigenvalue weighted by atomic mass is 9.51. The number of allylic oxidation sites excluding steroid dienone is 12. The van der Waals surface area contributed by atoms with E-state index in [0.29, 0.717) is 61.0 Å². The summed E-state index contributed by atoms with van der Waals surface area (Å²) in [5, 5.41) is 13.9. The molecule has 4 atom stereocenters. The molecule has 4 aliphatic heterocycles. The molecule has 72 heavy (non-hydrogen) atoms. The number of nitrogens with one attached hydrogen (secondary N) is 4. The topological polar surface area (TPSA) is 106 Å². The number of carbonyl (C=O) groups excluding carboxylic acids is 3. The zero-order valence-electron chi connectivity index (χ0n) is 41.8. The van der Waals surface area contributed by atoms with E-state index < -0.39 is 22.7 Å². The fraction of sp³-hybridized carbons (Fsp3) is 0.317. The van der Waals surface area contributed by atoms with Crippen molar-refractivity contribution in [2.45, 2.75) is 39.5 Å². The number of Topliss-reactive ketones (excluding diaryl/α,β-unsaturated/α-hetero) is 3. The first kappa shape index (κ1) is 48.9. The number of nitrogens with zero attached hydrogens (tertiary/aromatic N) is 2. The molecule has 2 aliphatic carbocycles. The molecule has 2 saturated heterocycles. The summed E-state index contributed by atoms with van der Waals surface area (Å²) in [6.07, 6.45) is 23.4. The highest BCUT2D eigenvalue weighted by atomic mass is 16.1. The van der Waals surface area contributed by atoms with Gasteiger partial charge in [-0.25, -0.2) is 0 Å². The second kappa shape index (κ2) is 21.9. The van der Waals surface area contributed by atoms with Gasteiger partial charge in [0.25, 0.3) is 0 Å². The van der Waals surface area contributed by atoms with Crippen molar-refractivity contribution in [1.82, 2.24) is 31.1 Å². The van der Waals surface area contributed by atoms with Crippen molar-refractivity contribution < 1.29 is 14.4 Å². The maximum absolute atomic E-state index is 18.1. The fourth-order valence-corrected chi connectivity index (χ4v) is 12.1. The van der Waals surface area contributed by atoms with E-state index in [1.807, 2.05) is 97.3 Å². The first-order chi connectivity index (χ1) is 35.3. The Labute approximate surface area is 425 Å². The molecule has 368 valence electrons. The Morgan fingerprint density at radius 1 is 0.528 bits per heavy atom. The molecular formula is C63H68N6O3.